The van der Waals surface area contributed by atoms with Crippen LogP contribution in [0.4, 0.5) is 0 Å². The topological polar surface area (TPSA) is 87.6 Å². The summed E-state index contributed by atoms with van der Waals surface area (Å²) in [6, 6.07) is -0.873. The second-order valence-corrected chi connectivity index (χ2v) is 2.08. The van der Waals surface area contributed by atoms with E-state index in [-0.39, 0.29) is 0 Å². The summed E-state index contributed by atoms with van der Waals surface area (Å²) in [7, 11) is 0. The fourth-order valence-electron chi connectivity index (χ4n) is 0.416. The average Bonchev–Trinajstić information content (AvgIpc) is 2.13. The predicted molar refractivity (Wildman–Crippen MR) is 44.1 cm³/mol. The smallest absolute Gasteiger partial charge is 0.263 e. The van der Waals surface area contributed by atoms with Gasteiger partial charge in [-0.1, -0.05) is 6.58 Å². The number of hydrogen-bond donors (Lipinski definition) is 2. The summed E-state index contributed by atoms with van der Waals surface area (Å²) >= 11 is 0. The van der Waals surface area contributed by atoms with E-state index in [2.05, 4.69) is 11.6 Å². The number of carbonyl (C=O) groups excluding carboxylic acids is 3. The molecule has 6 heteroatoms. The summed E-state index contributed by atoms with van der Waals surface area (Å²) in [5.41, 5.74) is 4.06. The van der Waals surface area contributed by atoms with Crippen LogP contribution in [0.2, 0.25) is 0 Å². The normalized spacial score (nSPS) is 10.5. The first-order valence-corrected chi connectivity index (χ1v) is 3.41. The average molecular weight is 183 g/mol. The van der Waals surface area contributed by atoms with E-state index in [1.165, 1.54) is 13.0 Å². The molecule has 0 aromatic heterocycles. The number of hydrogen-bond acceptors (Lipinski definition) is 4. The molecule has 0 bridgehead atoms. The zero-order valence-electron chi connectivity index (χ0n) is 7.03. The number of amides is 2. The third-order valence-corrected chi connectivity index (χ3v) is 1.12. The predicted octanol–water partition coefficient (Wildman–Crippen LogP) is -0.956. The van der Waals surface area contributed by atoms with Crippen LogP contribution in [0.15, 0.2) is 17.6 Å². The Morgan fingerprint density at radius 1 is 1.54 bits per heavy atom. The molecule has 0 saturated heterocycles. The van der Waals surface area contributed by atoms with Gasteiger partial charge in [-0.3, -0.25) is 20.4 Å². The summed E-state index contributed by atoms with van der Waals surface area (Å²) in [6.45, 7) is 4.56. The Balaban J connectivity index is 3.94. The molecule has 0 rings (SSSR count). The molecule has 0 aliphatic heterocycles. The van der Waals surface area contributed by atoms with Crippen molar-refractivity contribution in [3.63, 3.8) is 0 Å². The van der Waals surface area contributed by atoms with E-state index in [0.29, 0.717) is 0 Å². The standard InChI is InChI=1S/C7H9N3O3/c1-3-6(12)9-10-7(13)5(2)8-4-11/h3,5H,1H2,2H3,(H,9,12)(H,10,13). The van der Waals surface area contributed by atoms with Crippen molar-refractivity contribution in [1.29, 1.82) is 0 Å². The molecule has 0 saturated carbocycles. The molecule has 0 spiro atoms. The van der Waals surface area contributed by atoms with Crippen LogP contribution < -0.4 is 10.9 Å². The second-order valence-electron chi connectivity index (χ2n) is 2.08. The Hall–Kier alpha value is -1.94. The van der Waals surface area contributed by atoms with E-state index in [9.17, 15) is 14.4 Å². The highest BCUT2D eigenvalue weighted by Gasteiger charge is 2.10. The van der Waals surface area contributed by atoms with Crippen molar-refractivity contribution in [3.8, 4) is 0 Å². The first-order chi connectivity index (χ1) is 6.11. The van der Waals surface area contributed by atoms with Crippen LogP contribution in [0, 0.1) is 0 Å². The number of carbonyl (C=O) groups is 2. The Morgan fingerprint density at radius 2 is 2.15 bits per heavy atom. The Bertz CT molecular complexity index is 268. The highest BCUT2D eigenvalue weighted by atomic mass is 16.2. The lowest BCUT2D eigenvalue weighted by Gasteiger charge is -2.06. The third kappa shape index (κ3) is 4.49. The van der Waals surface area contributed by atoms with Crippen molar-refractivity contribution in [2.45, 2.75) is 13.0 Å². The minimum atomic E-state index is -0.873. The third-order valence-electron chi connectivity index (χ3n) is 1.12. The molecule has 70 valence electrons. The zero-order chi connectivity index (χ0) is 10.3. The van der Waals surface area contributed by atoms with E-state index in [1.807, 2.05) is 10.9 Å². The first kappa shape index (κ1) is 11.1. The number of rotatable bonds is 3. The minimum absolute atomic E-state index is 0.546. The first-order valence-electron chi connectivity index (χ1n) is 3.41. The monoisotopic (exact) mass is 183 g/mol. The SMILES string of the molecule is C=CC(=O)NNC(=O)C(C)N=C=O. The lowest BCUT2D eigenvalue weighted by Crippen LogP contribution is -2.44. The molecular weight excluding hydrogens is 174 g/mol. The number of nitrogens with one attached hydrogen (secondary N) is 2. The van der Waals surface area contributed by atoms with Gasteiger partial charge in [-0.25, -0.2) is 4.79 Å². The number of isocyanates is 1. The van der Waals surface area contributed by atoms with Crippen molar-refractivity contribution in [2.24, 2.45) is 4.99 Å². The van der Waals surface area contributed by atoms with Gasteiger partial charge >= 0.3 is 0 Å². The van der Waals surface area contributed by atoms with Gasteiger partial charge in [0.05, 0.1) is 0 Å². The van der Waals surface area contributed by atoms with Crippen LogP contribution in [0.1, 0.15) is 6.92 Å². The van der Waals surface area contributed by atoms with Crippen molar-refractivity contribution in [3.05, 3.63) is 12.7 Å². The lowest BCUT2D eigenvalue weighted by atomic mass is 10.3. The molecule has 6 nitrogen and oxygen atoms in total. The molecular formula is C7H9N3O3. The van der Waals surface area contributed by atoms with Crippen LogP contribution in [0.3, 0.4) is 0 Å². The van der Waals surface area contributed by atoms with Gasteiger partial charge in [0, 0.05) is 0 Å². The summed E-state index contributed by atoms with van der Waals surface area (Å²) < 4.78 is 0. The van der Waals surface area contributed by atoms with Gasteiger partial charge in [0.2, 0.25) is 6.08 Å². The molecule has 0 aliphatic carbocycles. The van der Waals surface area contributed by atoms with E-state index < -0.39 is 17.9 Å². The fourth-order valence-corrected chi connectivity index (χ4v) is 0.416. The van der Waals surface area contributed by atoms with E-state index in [1.54, 1.807) is 0 Å². The number of hydrazine groups is 1. The van der Waals surface area contributed by atoms with Crippen LogP contribution in [-0.4, -0.2) is 23.9 Å². The summed E-state index contributed by atoms with van der Waals surface area (Å²) in [4.78, 5) is 34.3. The zero-order valence-corrected chi connectivity index (χ0v) is 7.03. The van der Waals surface area contributed by atoms with Crippen molar-refractivity contribution >= 4 is 17.9 Å². The van der Waals surface area contributed by atoms with Gasteiger partial charge in [0.15, 0.2) is 0 Å². The van der Waals surface area contributed by atoms with Gasteiger partial charge in [-0.05, 0) is 13.0 Å². The minimum Gasteiger partial charge on any atom is -0.271 e. The Morgan fingerprint density at radius 3 is 2.62 bits per heavy atom. The van der Waals surface area contributed by atoms with Gasteiger partial charge in [-0.2, -0.15) is 4.99 Å². The van der Waals surface area contributed by atoms with Crippen LogP contribution in [-0.2, 0) is 14.4 Å². The molecule has 1 atom stereocenters. The maximum Gasteiger partial charge on any atom is 0.263 e. The summed E-state index contributed by atoms with van der Waals surface area (Å²) in [6.07, 6.45) is 2.23. The Kier molecular flexibility index (Phi) is 4.83. The van der Waals surface area contributed by atoms with E-state index in [4.69, 9.17) is 0 Å². The molecule has 0 heterocycles. The van der Waals surface area contributed by atoms with E-state index >= 15 is 0 Å². The molecule has 0 fully saturated rings. The molecule has 13 heavy (non-hydrogen) atoms. The molecule has 0 aromatic rings. The molecule has 0 aliphatic rings. The molecule has 1 unspecified atom stereocenters. The Labute approximate surface area is 74.7 Å². The largest absolute Gasteiger partial charge is 0.271 e. The van der Waals surface area contributed by atoms with Gasteiger partial charge < -0.3 is 0 Å². The highest BCUT2D eigenvalue weighted by Crippen LogP contribution is 1.85. The summed E-state index contributed by atoms with van der Waals surface area (Å²) in [5.74, 6) is -1.14. The van der Waals surface area contributed by atoms with Gasteiger partial charge in [-0.15, -0.1) is 0 Å². The van der Waals surface area contributed by atoms with Crippen molar-refractivity contribution < 1.29 is 14.4 Å². The molecule has 0 aromatic carbocycles. The number of aliphatic imine (C=N–C) groups is 1. The van der Waals surface area contributed by atoms with Crippen LogP contribution >= 0.6 is 0 Å². The fraction of sp³-hybridized carbons (Fsp3) is 0.286. The van der Waals surface area contributed by atoms with Crippen molar-refractivity contribution in [2.75, 3.05) is 0 Å². The maximum absolute atomic E-state index is 10.9. The maximum atomic E-state index is 10.9. The highest BCUT2D eigenvalue weighted by molar-refractivity contribution is 5.90. The summed E-state index contributed by atoms with van der Waals surface area (Å²) in [5, 5.41) is 0. The second kappa shape index (κ2) is 5.68. The van der Waals surface area contributed by atoms with Crippen LogP contribution in [0.25, 0.3) is 0 Å². The molecule has 0 radical (unpaired) electrons. The van der Waals surface area contributed by atoms with Crippen molar-refractivity contribution in [1.82, 2.24) is 10.9 Å². The lowest BCUT2D eigenvalue weighted by molar-refractivity contribution is -0.127. The van der Waals surface area contributed by atoms with E-state index in [0.717, 1.165) is 6.08 Å². The number of nitrogens with zero attached hydrogens (tertiary/aromatic N) is 1. The quantitative estimate of drug-likeness (QED) is 0.256. The molecule has 2 N–H and O–H groups in total. The van der Waals surface area contributed by atoms with Crippen LogP contribution in [0.5, 0.6) is 0 Å². The van der Waals surface area contributed by atoms with Gasteiger partial charge in [0.1, 0.15) is 6.04 Å². The molecule has 2 amide bonds. The van der Waals surface area contributed by atoms with Gasteiger partial charge in [0.25, 0.3) is 11.8 Å².